The van der Waals surface area contributed by atoms with Crippen molar-refractivity contribution in [3.63, 3.8) is 0 Å². The van der Waals surface area contributed by atoms with Crippen LogP contribution in [-0.2, 0) is 16.1 Å². The minimum atomic E-state index is -0.276. The minimum absolute atomic E-state index is 0.182. The summed E-state index contributed by atoms with van der Waals surface area (Å²) >= 11 is 7.02. The Morgan fingerprint density at radius 2 is 2.00 bits per heavy atom. The summed E-state index contributed by atoms with van der Waals surface area (Å²) in [6.45, 7) is 0.609. The van der Waals surface area contributed by atoms with Gasteiger partial charge in [0.1, 0.15) is 12.4 Å². The van der Waals surface area contributed by atoms with Crippen LogP contribution in [0.25, 0.3) is 6.08 Å². The fourth-order valence-electron chi connectivity index (χ4n) is 3.04. The number of halogens is 1. The van der Waals surface area contributed by atoms with Crippen LogP contribution < -0.4 is 10.1 Å². The summed E-state index contributed by atoms with van der Waals surface area (Å²) in [5, 5.41) is 3.18. The fourth-order valence-corrected chi connectivity index (χ4v) is 3.94. The summed E-state index contributed by atoms with van der Waals surface area (Å²) in [6, 6.07) is 12.4. The number of nitrogens with zero attached hydrogens (tertiary/aromatic N) is 1. The molecule has 0 spiro atoms. The molecule has 0 aliphatic carbocycles. The first-order valence-electron chi connectivity index (χ1n) is 9.16. The van der Waals surface area contributed by atoms with E-state index in [0.29, 0.717) is 17.3 Å². The van der Waals surface area contributed by atoms with E-state index in [2.05, 4.69) is 5.32 Å². The first-order valence-corrected chi connectivity index (χ1v) is 10.5. The van der Waals surface area contributed by atoms with Crippen LogP contribution in [0.3, 0.4) is 0 Å². The number of anilines is 1. The molecular formula is C22H17ClN2O4S. The molecule has 0 unspecified atom stereocenters. The molecule has 1 fully saturated rings. The average molecular weight is 441 g/mol. The minimum Gasteiger partial charge on any atom is -0.488 e. The summed E-state index contributed by atoms with van der Waals surface area (Å²) in [6.07, 6.45) is 5.08. The van der Waals surface area contributed by atoms with Crippen molar-refractivity contribution in [1.29, 1.82) is 0 Å². The lowest BCUT2D eigenvalue weighted by Crippen LogP contribution is -2.27. The van der Waals surface area contributed by atoms with E-state index < -0.39 is 0 Å². The van der Waals surface area contributed by atoms with Crippen molar-refractivity contribution in [2.24, 2.45) is 0 Å². The van der Waals surface area contributed by atoms with Crippen LogP contribution in [-0.4, -0.2) is 34.3 Å². The van der Waals surface area contributed by atoms with E-state index >= 15 is 0 Å². The molecule has 1 N–H and O–H groups in total. The third kappa shape index (κ3) is 4.75. The molecule has 2 aromatic carbocycles. The van der Waals surface area contributed by atoms with E-state index in [0.717, 1.165) is 34.2 Å². The number of thioether (sulfide) groups is 1. The fraction of sp³-hybridized carbons (Fsp3) is 0.136. The molecule has 0 aromatic heterocycles. The van der Waals surface area contributed by atoms with Gasteiger partial charge in [0, 0.05) is 22.3 Å². The molecule has 30 heavy (non-hydrogen) atoms. The van der Waals surface area contributed by atoms with Gasteiger partial charge in [-0.1, -0.05) is 41.6 Å². The number of rotatable bonds is 5. The van der Waals surface area contributed by atoms with Gasteiger partial charge in [0.05, 0.1) is 12.3 Å². The Bertz CT molecular complexity index is 1060. The normalized spacial score (nSPS) is 15.8. The molecule has 8 heteroatoms. The van der Waals surface area contributed by atoms with E-state index in [9.17, 15) is 14.4 Å². The average Bonchev–Trinajstić information content (AvgIpc) is 3.05. The molecule has 0 radical (unpaired) electrons. The maximum atomic E-state index is 12.2. The zero-order chi connectivity index (χ0) is 21.1. The molecule has 3 amide bonds. The van der Waals surface area contributed by atoms with Gasteiger partial charge in [-0.15, -0.1) is 0 Å². The van der Waals surface area contributed by atoms with Crippen molar-refractivity contribution in [1.82, 2.24) is 4.90 Å². The number of benzene rings is 2. The SMILES string of the molecule is O=C(/C=C/C1=Cc2cc(Cl)ccc2OC1)Nc1ccc(CN2C(=O)CSC2=O)cc1. The molecule has 0 saturated carbocycles. The van der Waals surface area contributed by atoms with Crippen LogP contribution in [0.5, 0.6) is 5.75 Å². The quantitative estimate of drug-likeness (QED) is 0.692. The molecule has 4 rings (SSSR count). The second-order valence-corrected chi connectivity index (χ2v) is 8.11. The smallest absolute Gasteiger partial charge is 0.289 e. The zero-order valence-electron chi connectivity index (χ0n) is 15.8. The summed E-state index contributed by atoms with van der Waals surface area (Å²) in [5.41, 5.74) is 3.16. The molecule has 0 bridgehead atoms. The Labute approximate surface area is 182 Å². The van der Waals surface area contributed by atoms with E-state index in [-0.39, 0.29) is 29.4 Å². The summed E-state index contributed by atoms with van der Waals surface area (Å²) in [5.74, 6) is 0.497. The highest BCUT2D eigenvalue weighted by Crippen LogP contribution is 2.29. The number of nitrogens with one attached hydrogen (secondary N) is 1. The van der Waals surface area contributed by atoms with Crippen LogP contribution in [0, 0.1) is 0 Å². The first-order chi connectivity index (χ1) is 14.5. The highest BCUT2D eigenvalue weighted by Gasteiger charge is 2.29. The van der Waals surface area contributed by atoms with Crippen LogP contribution in [0.15, 0.2) is 60.2 Å². The monoisotopic (exact) mass is 440 g/mol. The molecule has 6 nitrogen and oxygen atoms in total. The van der Waals surface area contributed by atoms with Crippen molar-refractivity contribution in [3.8, 4) is 5.75 Å². The maximum Gasteiger partial charge on any atom is 0.289 e. The zero-order valence-corrected chi connectivity index (χ0v) is 17.3. The molecule has 2 aromatic rings. The number of fused-ring (bicyclic) bond motifs is 1. The van der Waals surface area contributed by atoms with Crippen molar-refractivity contribution in [3.05, 3.63) is 76.3 Å². The van der Waals surface area contributed by atoms with Crippen LogP contribution >= 0.6 is 23.4 Å². The maximum absolute atomic E-state index is 12.2. The van der Waals surface area contributed by atoms with Gasteiger partial charge in [0.2, 0.25) is 11.8 Å². The van der Waals surface area contributed by atoms with Crippen molar-refractivity contribution < 1.29 is 19.1 Å². The Kier molecular flexibility index (Phi) is 5.92. The molecule has 2 heterocycles. The van der Waals surface area contributed by atoms with E-state index in [4.69, 9.17) is 16.3 Å². The lowest BCUT2D eigenvalue weighted by molar-refractivity contribution is -0.125. The molecular weight excluding hydrogens is 424 g/mol. The van der Waals surface area contributed by atoms with Crippen molar-refractivity contribution in [2.45, 2.75) is 6.54 Å². The topological polar surface area (TPSA) is 75.7 Å². The number of amides is 3. The largest absolute Gasteiger partial charge is 0.488 e. The van der Waals surface area contributed by atoms with E-state index in [1.807, 2.05) is 18.2 Å². The Balaban J connectivity index is 1.35. The summed E-state index contributed by atoms with van der Waals surface area (Å²) < 4.78 is 5.66. The van der Waals surface area contributed by atoms with Crippen LogP contribution in [0.2, 0.25) is 5.02 Å². The Morgan fingerprint density at radius 1 is 1.20 bits per heavy atom. The predicted molar refractivity (Wildman–Crippen MR) is 118 cm³/mol. The lowest BCUT2D eigenvalue weighted by atomic mass is 10.1. The van der Waals surface area contributed by atoms with Gasteiger partial charge in [-0.3, -0.25) is 19.3 Å². The van der Waals surface area contributed by atoms with Gasteiger partial charge in [0.15, 0.2) is 0 Å². The van der Waals surface area contributed by atoms with Crippen LogP contribution in [0.4, 0.5) is 10.5 Å². The van der Waals surface area contributed by atoms with E-state index in [1.54, 1.807) is 36.4 Å². The number of carbonyl (C=O) groups is 3. The second kappa shape index (κ2) is 8.77. The third-order valence-electron chi connectivity index (χ3n) is 4.56. The molecule has 2 aliphatic rings. The van der Waals surface area contributed by atoms with E-state index in [1.165, 1.54) is 11.0 Å². The third-order valence-corrected chi connectivity index (χ3v) is 5.65. The summed E-state index contributed by atoms with van der Waals surface area (Å²) in [4.78, 5) is 36.8. The van der Waals surface area contributed by atoms with Gasteiger partial charge in [0.25, 0.3) is 5.24 Å². The Morgan fingerprint density at radius 3 is 2.73 bits per heavy atom. The summed E-state index contributed by atoms with van der Waals surface area (Å²) in [7, 11) is 0. The lowest BCUT2D eigenvalue weighted by Gasteiger charge is -2.16. The van der Waals surface area contributed by atoms with Gasteiger partial charge in [-0.2, -0.15) is 0 Å². The molecule has 152 valence electrons. The van der Waals surface area contributed by atoms with Crippen LogP contribution in [0.1, 0.15) is 11.1 Å². The van der Waals surface area contributed by atoms with Crippen molar-refractivity contribution in [2.75, 3.05) is 17.7 Å². The predicted octanol–water partition coefficient (Wildman–Crippen LogP) is 4.51. The highest BCUT2D eigenvalue weighted by atomic mass is 35.5. The number of ether oxygens (including phenoxy) is 1. The number of hydrogen-bond donors (Lipinski definition) is 1. The number of hydrogen-bond acceptors (Lipinski definition) is 5. The molecule has 2 aliphatic heterocycles. The molecule has 0 atom stereocenters. The Hall–Kier alpha value is -3.03. The van der Waals surface area contributed by atoms with Gasteiger partial charge >= 0.3 is 0 Å². The molecule has 1 saturated heterocycles. The van der Waals surface area contributed by atoms with Gasteiger partial charge < -0.3 is 10.1 Å². The van der Waals surface area contributed by atoms with Crippen molar-refractivity contribution >= 4 is 52.2 Å². The number of carbonyl (C=O) groups excluding carboxylic acids is 3. The highest BCUT2D eigenvalue weighted by molar-refractivity contribution is 8.14. The van der Waals surface area contributed by atoms with Gasteiger partial charge in [-0.25, -0.2) is 0 Å². The standard InChI is InChI=1S/C22H17ClN2O4S/c23-17-4-7-19-16(10-17)9-15(12-29-19)3-8-20(26)24-18-5-1-14(2-6-18)11-25-21(27)13-30-22(25)28/h1-10H,11-13H2,(H,24,26)/b8-3+. The second-order valence-electron chi connectivity index (χ2n) is 6.74. The number of imide groups is 1. The van der Waals surface area contributed by atoms with Gasteiger partial charge in [-0.05, 0) is 47.5 Å². The first kappa shape index (κ1) is 20.3.